The average Bonchev–Trinajstić information content (AvgIpc) is 2.50. The second kappa shape index (κ2) is 3.53. The molecule has 0 spiro atoms. The van der Waals surface area contributed by atoms with Gasteiger partial charge in [0.25, 0.3) is 5.91 Å². The molecule has 0 fully saturated rings. The molecule has 0 aliphatic rings. The van der Waals surface area contributed by atoms with Gasteiger partial charge in [0.2, 0.25) is 0 Å². The molecule has 0 bridgehead atoms. The maximum absolute atomic E-state index is 11.0. The first-order chi connectivity index (χ1) is 5.27. The number of carbonyl (C=O) groups is 1. The number of aryl methyl sites for hydroxylation is 1. The van der Waals surface area contributed by atoms with Crippen LogP contribution in [0.2, 0.25) is 0 Å². The first-order valence-corrected chi connectivity index (χ1v) is 4.40. The van der Waals surface area contributed by atoms with Gasteiger partial charge in [-0.05, 0) is 18.6 Å². The van der Waals surface area contributed by atoms with Crippen LogP contribution < -0.4 is 5.32 Å². The molecule has 0 saturated heterocycles. The van der Waals surface area contributed by atoms with Gasteiger partial charge in [0, 0.05) is 11.9 Å². The third-order valence-electron chi connectivity index (χ3n) is 1.46. The molecule has 0 saturated carbocycles. The Kier molecular flexibility index (Phi) is 2.65. The summed E-state index contributed by atoms with van der Waals surface area (Å²) in [4.78, 5) is 13.1. The van der Waals surface area contributed by atoms with Crippen LogP contribution in [0.5, 0.6) is 0 Å². The topological polar surface area (TPSA) is 29.1 Å². The Bertz CT molecular complexity index is 254. The molecule has 60 valence electrons. The van der Waals surface area contributed by atoms with E-state index in [1.54, 1.807) is 18.4 Å². The van der Waals surface area contributed by atoms with Crippen molar-refractivity contribution >= 4 is 17.2 Å². The van der Waals surface area contributed by atoms with Gasteiger partial charge >= 0.3 is 0 Å². The van der Waals surface area contributed by atoms with E-state index in [1.165, 1.54) is 4.88 Å². The highest BCUT2D eigenvalue weighted by atomic mass is 32.1. The van der Waals surface area contributed by atoms with Gasteiger partial charge in [0.1, 0.15) is 0 Å². The Morgan fingerprint density at radius 1 is 1.64 bits per heavy atom. The summed E-state index contributed by atoms with van der Waals surface area (Å²) in [6.45, 7) is 2.08. The lowest BCUT2D eigenvalue weighted by molar-refractivity contribution is 0.0967. The van der Waals surface area contributed by atoms with Crippen LogP contribution >= 0.6 is 11.3 Å². The lowest BCUT2D eigenvalue weighted by atomic mass is 10.3. The predicted octanol–water partition coefficient (Wildman–Crippen LogP) is 1.67. The number of carbonyl (C=O) groups excluding carboxylic acids is 1. The highest BCUT2D eigenvalue weighted by Gasteiger charge is 2.04. The lowest BCUT2D eigenvalue weighted by Crippen LogP contribution is -2.15. The van der Waals surface area contributed by atoms with Crippen LogP contribution in [-0.2, 0) is 6.42 Å². The van der Waals surface area contributed by atoms with E-state index in [9.17, 15) is 4.79 Å². The Morgan fingerprint density at radius 3 is 2.82 bits per heavy atom. The maximum atomic E-state index is 11.0. The molecule has 3 heteroatoms. The van der Waals surface area contributed by atoms with E-state index < -0.39 is 0 Å². The van der Waals surface area contributed by atoms with Crippen molar-refractivity contribution in [3.8, 4) is 0 Å². The fourth-order valence-corrected chi connectivity index (χ4v) is 1.71. The van der Waals surface area contributed by atoms with Gasteiger partial charge in [0.15, 0.2) is 0 Å². The number of nitrogens with one attached hydrogen (secondary N) is 1. The molecule has 0 atom stereocenters. The normalized spacial score (nSPS) is 9.64. The van der Waals surface area contributed by atoms with E-state index in [4.69, 9.17) is 0 Å². The minimum atomic E-state index is 0.00898. The molecule has 0 unspecified atom stereocenters. The molecule has 1 aromatic rings. The summed E-state index contributed by atoms with van der Waals surface area (Å²) < 4.78 is 0. The van der Waals surface area contributed by atoms with Crippen molar-refractivity contribution in [2.24, 2.45) is 0 Å². The van der Waals surface area contributed by atoms with Gasteiger partial charge in [-0.2, -0.15) is 0 Å². The van der Waals surface area contributed by atoms with Gasteiger partial charge in [-0.1, -0.05) is 6.92 Å². The smallest absolute Gasteiger partial charge is 0.261 e. The lowest BCUT2D eigenvalue weighted by Gasteiger charge is -1.91. The molecule has 1 heterocycles. The van der Waals surface area contributed by atoms with Crippen molar-refractivity contribution in [1.82, 2.24) is 5.32 Å². The molecule has 2 nitrogen and oxygen atoms in total. The summed E-state index contributed by atoms with van der Waals surface area (Å²) in [5, 5.41) is 2.59. The number of hydrogen-bond acceptors (Lipinski definition) is 2. The van der Waals surface area contributed by atoms with Gasteiger partial charge in [0.05, 0.1) is 4.88 Å². The molecule has 0 radical (unpaired) electrons. The second-order valence-electron chi connectivity index (χ2n) is 2.20. The first-order valence-electron chi connectivity index (χ1n) is 3.58. The Labute approximate surface area is 70.2 Å². The van der Waals surface area contributed by atoms with Crippen LogP contribution in [0, 0.1) is 0 Å². The molecule has 1 amide bonds. The van der Waals surface area contributed by atoms with Crippen molar-refractivity contribution in [3.63, 3.8) is 0 Å². The Balaban J connectivity index is 2.80. The quantitative estimate of drug-likeness (QED) is 0.717. The van der Waals surface area contributed by atoms with Crippen LogP contribution in [0.4, 0.5) is 0 Å². The van der Waals surface area contributed by atoms with Crippen molar-refractivity contribution in [3.05, 3.63) is 21.9 Å². The number of rotatable bonds is 2. The zero-order valence-electron chi connectivity index (χ0n) is 6.68. The van der Waals surface area contributed by atoms with Gasteiger partial charge in [-0.25, -0.2) is 0 Å². The molecule has 0 aliphatic carbocycles. The van der Waals surface area contributed by atoms with Crippen molar-refractivity contribution in [2.45, 2.75) is 13.3 Å². The highest BCUT2D eigenvalue weighted by Crippen LogP contribution is 2.16. The largest absolute Gasteiger partial charge is 0.354 e. The number of hydrogen-bond donors (Lipinski definition) is 1. The number of amides is 1. The van der Waals surface area contributed by atoms with Gasteiger partial charge < -0.3 is 5.32 Å². The zero-order valence-corrected chi connectivity index (χ0v) is 7.49. The molecule has 0 aromatic carbocycles. The summed E-state index contributed by atoms with van der Waals surface area (Å²) in [6.07, 6.45) is 1.00. The van der Waals surface area contributed by atoms with Gasteiger partial charge in [-0.15, -0.1) is 11.3 Å². The minimum Gasteiger partial charge on any atom is -0.354 e. The number of thiophene rings is 1. The van der Waals surface area contributed by atoms with Crippen molar-refractivity contribution in [1.29, 1.82) is 0 Å². The van der Waals surface area contributed by atoms with E-state index in [0.717, 1.165) is 11.3 Å². The standard InChI is InChI=1S/C8H11NOS/c1-3-6-4-5-7(11-6)8(10)9-2/h4-5H,3H2,1-2H3,(H,9,10). The van der Waals surface area contributed by atoms with Crippen LogP contribution in [0.25, 0.3) is 0 Å². The van der Waals surface area contributed by atoms with Crippen LogP contribution in [-0.4, -0.2) is 13.0 Å². The molecule has 1 rings (SSSR count). The van der Waals surface area contributed by atoms with E-state index in [2.05, 4.69) is 12.2 Å². The molecular formula is C8H11NOS. The summed E-state index contributed by atoms with van der Waals surface area (Å²) in [6, 6.07) is 3.86. The summed E-state index contributed by atoms with van der Waals surface area (Å²) >= 11 is 1.55. The monoisotopic (exact) mass is 169 g/mol. The van der Waals surface area contributed by atoms with Crippen LogP contribution in [0.1, 0.15) is 21.5 Å². The third-order valence-corrected chi connectivity index (χ3v) is 2.69. The summed E-state index contributed by atoms with van der Waals surface area (Å²) in [5.41, 5.74) is 0. The molecular weight excluding hydrogens is 158 g/mol. The molecule has 11 heavy (non-hydrogen) atoms. The third kappa shape index (κ3) is 1.80. The van der Waals surface area contributed by atoms with E-state index in [1.807, 2.05) is 12.1 Å². The fourth-order valence-electron chi connectivity index (χ4n) is 0.813. The maximum Gasteiger partial charge on any atom is 0.261 e. The Morgan fingerprint density at radius 2 is 2.36 bits per heavy atom. The van der Waals surface area contributed by atoms with Crippen molar-refractivity contribution < 1.29 is 4.79 Å². The Hall–Kier alpha value is -0.830. The van der Waals surface area contributed by atoms with E-state index >= 15 is 0 Å². The molecule has 1 aromatic heterocycles. The molecule has 0 aliphatic heterocycles. The average molecular weight is 169 g/mol. The van der Waals surface area contributed by atoms with E-state index in [-0.39, 0.29) is 5.91 Å². The molecule has 1 N–H and O–H groups in total. The first kappa shape index (κ1) is 8.27. The fraction of sp³-hybridized carbons (Fsp3) is 0.375. The minimum absolute atomic E-state index is 0.00898. The summed E-state index contributed by atoms with van der Waals surface area (Å²) in [5.74, 6) is 0.00898. The van der Waals surface area contributed by atoms with E-state index in [0.29, 0.717) is 0 Å². The predicted molar refractivity (Wildman–Crippen MR) is 47.1 cm³/mol. The van der Waals surface area contributed by atoms with Crippen LogP contribution in [0.3, 0.4) is 0 Å². The van der Waals surface area contributed by atoms with Gasteiger partial charge in [-0.3, -0.25) is 4.79 Å². The second-order valence-corrected chi connectivity index (χ2v) is 3.37. The SMILES string of the molecule is CCc1ccc(C(=O)NC)s1. The highest BCUT2D eigenvalue weighted by molar-refractivity contribution is 7.14. The van der Waals surface area contributed by atoms with Crippen molar-refractivity contribution in [2.75, 3.05) is 7.05 Å². The van der Waals surface area contributed by atoms with Crippen LogP contribution in [0.15, 0.2) is 12.1 Å². The summed E-state index contributed by atoms with van der Waals surface area (Å²) in [7, 11) is 1.65. The zero-order chi connectivity index (χ0) is 8.27.